The van der Waals surface area contributed by atoms with E-state index in [0.29, 0.717) is 57.2 Å². The van der Waals surface area contributed by atoms with Crippen molar-refractivity contribution >= 4 is 17.5 Å². The molecule has 4 rings (SSSR count). The maximum Gasteiger partial charge on any atom is 0.317 e. The second-order valence-electron chi connectivity index (χ2n) is 8.50. The van der Waals surface area contributed by atoms with Crippen molar-refractivity contribution < 1.29 is 23.1 Å². The van der Waals surface area contributed by atoms with Crippen LogP contribution in [0.2, 0.25) is 0 Å². The number of halogens is 1. The number of ether oxygens (including phenoxy) is 1. The highest BCUT2D eigenvalue weighted by Crippen LogP contribution is 2.24. The summed E-state index contributed by atoms with van der Waals surface area (Å²) >= 11 is 0. The molecule has 2 aliphatic heterocycles. The van der Waals surface area contributed by atoms with E-state index in [1.807, 2.05) is 24.0 Å². The second-order valence-corrected chi connectivity index (χ2v) is 8.50. The highest BCUT2D eigenvalue weighted by molar-refractivity contribution is 5.94. The van der Waals surface area contributed by atoms with Crippen molar-refractivity contribution in [2.24, 2.45) is 0 Å². The summed E-state index contributed by atoms with van der Waals surface area (Å²) in [5, 5.41) is 3.06. The number of furan rings is 1. The summed E-state index contributed by atoms with van der Waals surface area (Å²) < 4.78 is 25.8. The molecule has 0 bridgehead atoms. The number of morpholine rings is 1. The predicted octanol–water partition coefficient (Wildman–Crippen LogP) is 2.83. The summed E-state index contributed by atoms with van der Waals surface area (Å²) in [6, 6.07) is 8.27. The lowest BCUT2D eigenvalue weighted by Crippen LogP contribution is -2.53. The predicted molar refractivity (Wildman–Crippen MR) is 122 cm³/mol. The molecule has 1 unspecified atom stereocenters. The monoisotopic (exact) mass is 458 g/mol. The molecule has 3 heterocycles. The standard InChI is InChI=1S/C24H31FN4O4/c1-17-3-6-23(33-17)22(28-11-13-32-14-12-28)16-26-24(31)29-9-7-27(8-10-29)21-5-4-19(18(2)30)15-20(21)25/h3-6,15,22H,7-14,16H2,1-2H3,(H,26,31). The van der Waals surface area contributed by atoms with Crippen LogP contribution in [0.5, 0.6) is 0 Å². The van der Waals surface area contributed by atoms with Crippen molar-refractivity contribution in [2.75, 3.05) is 63.9 Å². The van der Waals surface area contributed by atoms with Crippen LogP contribution in [0.4, 0.5) is 14.9 Å². The van der Waals surface area contributed by atoms with Crippen LogP contribution in [0, 0.1) is 12.7 Å². The number of Topliss-reactive ketones (excluding diaryl/α,β-unsaturated/α-hetero) is 1. The van der Waals surface area contributed by atoms with Crippen LogP contribution in [-0.4, -0.2) is 80.6 Å². The summed E-state index contributed by atoms with van der Waals surface area (Å²) in [5.74, 6) is 1.10. The minimum absolute atomic E-state index is 0.0540. The van der Waals surface area contributed by atoms with Gasteiger partial charge in [-0.25, -0.2) is 9.18 Å². The Kier molecular flexibility index (Phi) is 7.29. The molecule has 0 radical (unpaired) electrons. The Hall–Kier alpha value is -2.91. The van der Waals surface area contributed by atoms with Crippen molar-refractivity contribution in [2.45, 2.75) is 19.9 Å². The molecule has 1 N–H and O–H groups in total. The number of nitrogens with zero attached hydrogens (tertiary/aromatic N) is 3. The number of amides is 2. The number of rotatable bonds is 6. The molecule has 1 atom stereocenters. The van der Waals surface area contributed by atoms with Crippen molar-refractivity contribution in [1.82, 2.24) is 15.1 Å². The number of ketones is 1. The molecule has 2 amide bonds. The van der Waals surface area contributed by atoms with Gasteiger partial charge >= 0.3 is 6.03 Å². The second kappa shape index (κ2) is 10.4. The van der Waals surface area contributed by atoms with E-state index in [9.17, 15) is 14.0 Å². The van der Waals surface area contributed by atoms with E-state index in [-0.39, 0.29) is 17.9 Å². The van der Waals surface area contributed by atoms with Crippen molar-refractivity contribution in [3.63, 3.8) is 0 Å². The van der Waals surface area contributed by atoms with E-state index in [2.05, 4.69) is 10.2 Å². The third kappa shape index (κ3) is 5.54. The molecule has 2 aromatic rings. The number of hydrogen-bond acceptors (Lipinski definition) is 6. The molecule has 1 aromatic heterocycles. The zero-order valence-corrected chi connectivity index (χ0v) is 19.2. The van der Waals surface area contributed by atoms with Crippen molar-refractivity contribution in [1.29, 1.82) is 0 Å². The first-order chi connectivity index (χ1) is 15.9. The third-order valence-corrected chi connectivity index (χ3v) is 6.28. The van der Waals surface area contributed by atoms with Crippen molar-refractivity contribution in [3.05, 3.63) is 53.2 Å². The molecule has 178 valence electrons. The number of hydrogen-bond donors (Lipinski definition) is 1. The lowest BCUT2D eigenvalue weighted by Gasteiger charge is -2.37. The Balaban J connectivity index is 1.33. The number of carbonyl (C=O) groups is 2. The highest BCUT2D eigenvalue weighted by atomic mass is 19.1. The molecule has 2 fully saturated rings. The zero-order chi connectivity index (χ0) is 23.4. The number of anilines is 1. The van der Waals surface area contributed by atoms with Gasteiger partial charge in [-0.05, 0) is 44.2 Å². The fourth-order valence-corrected chi connectivity index (χ4v) is 4.36. The van der Waals surface area contributed by atoms with Crippen LogP contribution in [0.25, 0.3) is 0 Å². The largest absolute Gasteiger partial charge is 0.465 e. The fourth-order valence-electron chi connectivity index (χ4n) is 4.36. The van der Waals surface area contributed by atoms with Gasteiger partial charge in [0, 0.05) is 51.4 Å². The van der Waals surface area contributed by atoms with Gasteiger partial charge in [0.25, 0.3) is 0 Å². The molecule has 8 nitrogen and oxygen atoms in total. The third-order valence-electron chi connectivity index (χ3n) is 6.28. The minimum atomic E-state index is -0.414. The summed E-state index contributed by atoms with van der Waals surface area (Å²) in [7, 11) is 0. The first-order valence-corrected chi connectivity index (χ1v) is 11.4. The number of nitrogens with one attached hydrogen (secondary N) is 1. The summed E-state index contributed by atoms with van der Waals surface area (Å²) in [6.07, 6.45) is 0. The Morgan fingerprint density at radius 1 is 1.06 bits per heavy atom. The van der Waals surface area contributed by atoms with E-state index >= 15 is 0 Å². The first kappa shape index (κ1) is 23.3. The average Bonchev–Trinajstić information content (AvgIpc) is 3.25. The number of benzene rings is 1. The molecule has 33 heavy (non-hydrogen) atoms. The average molecular weight is 459 g/mol. The first-order valence-electron chi connectivity index (χ1n) is 11.4. The lowest BCUT2D eigenvalue weighted by atomic mass is 10.1. The quantitative estimate of drug-likeness (QED) is 0.671. The van der Waals surface area contributed by atoms with Crippen molar-refractivity contribution in [3.8, 4) is 0 Å². The number of aryl methyl sites for hydroxylation is 1. The molecule has 0 aliphatic carbocycles. The van der Waals surface area contributed by atoms with Gasteiger partial charge in [-0.2, -0.15) is 0 Å². The van der Waals surface area contributed by atoms with Crippen LogP contribution < -0.4 is 10.2 Å². The fraction of sp³-hybridized carbons (Fsp3) is 0.500. The van der Waals surface area contributed by atoms with Gasteiger partial charge in [-0.1, -0.05) is 0 Å². The molecular weight excluding hydrogens is 427 g/mol. The van der Waals surface area contributed by atoms with E-state index in [0.717, 1.165) is 24.6 Å². The molecule has 2 saturated heterocycles. The number of carbonyl (C=O) groups excluding carboxylic acids is 2. The van der Waals surface area contributed by atoms with Crippen LogP contribution in [0.3, 0.4) is 0 Å². The molecule has 1 aromatic carbocycles. The zero-order valence-electron chi connectivity index (χ0n) is 19.2. The summed E-state index contributed by atoms with van der Waals surface area (Å²) in [4.78, 5) is 30.3. The highest BCUT2D eigenvalue weighted by Gasteiger charge is 2.28. The van der Waals surface area contributed by atoms with Gasteiger partial charge < -0.3 is 24.3 Å². The van der Waals surface area contributed by atoms with Crippen LogP contribution in [-0.2, 0) is 4.74 Å². The van der Waals surface area contributed by atoms with Gasteiger partial charge in [0.2, 0.25) is 0 Å². The normalized spacial score (nSPS) is 18.3. The van der Waals surface area contributed by atoms with Gasteiger partial charge in [-0.3, -0.25) is 9.69 Å². The number of piperazine rings is 1. The molecule has 9 heteroatoms. The summed E-state index contributed by atoms with van der Waals surface area (Å²) in [5.41, 5.74) is 0.816. The Morgan fingerprint density at radius 2 is 1.79 bits per heavy atom. The van der Waals surface area contributed by atoms with E-state index in [1.165, 1.54) is 13.0 Å². The SMILES string of the molecule is CC(=O)c1ccc(N2CCN(C(=O)NCC(c3ccc(C)o3)N3CCOCC3)CC2)c(F)c1. The molecular formula is C24H31FN4O4. The smallest absolute Gasteiger partial charge is 0.317 e. The van der Waals surface area contributed by atoms with Crippen LogP contribution >= 0.6 is 0 Å². The Morgan fingerprint density at radius 3 is 2.39 bits per heavy atom. The Bertz CT molecular complexity index is 981. The van der Waals surface area contributed by atoms with Gasteiger partial charge in [-0.15, -0.1) is 0 Å². The van der Waals surface area contributed by atoms with Crippen LogP contribution in [0.15, 0.2) is 34.7 Å². The van der Waals surface area contributed by atoms with Gasteiger partial charge in [0.1, 0.15) is 17.3 Å². The van der Waals surface area contributed by atoms with Gasteiger partial charge in [0.15, 0.2) is 5.78 Å². The molecule has 0 saturated carbocycles. The van der Waals surface area contributed by atoms with Crippen LogP contribution in [0.1, 0.15) is 34.8 Å². The molecule has 0 spiro atoms. The summed E-state index contributed by atoms with van der Waals surface area (Å²) in [6.45, 7) is 8.68. The van der Waals surface area contributed by atoms with E-state index < -0.39 is 5.82 Å². The topological polar surface area (TPSA) is 78.3 Å². The molecule has 2 aliphatic rings. The van der Waals surface area contributed by atoms with Gasteiger partial charge in [0.05, 0.1) is 24.9 Å². The Labute approximate surface area is 193 Å². The number of urea groups is 1. The maximum absolute atomic E-state index is 14.5. The lowest BCUT2D eigenvalue weighted by molar-refractivity contribution is 0.0119. The minimum Gasteiger partial charge on any atom is -0.465 e. The maximum atomic E-state index is 14.5. The van der Waals surface area contributed by atoms with E-state index in [1.54, 1.807) is 17.0 Å². The van der Waals surface area contributed by atoms with E-state index in [4.69, 9.17) is 9.15 Å².